The second kappa shape index (κ2) is 7.60. The highest BCUT2D eigenvalue weighted by atomic mass is 16.5. The van der Waals surface area contributed by atoms with E-state index in [4.69, 9.17) is 4.74 Å². The number of ether oxygens (including phenoxy) is 1. The van der Waals surface area contributed by atoms with Crippen LogP contribution in [0.1, 0.15) is 30.5 Å². The van der Waals surface area contributed by atoms with Gasteiger partial charge < -0.3 is 14.9 Å². The maximum Gasteiger partial charge on any atom is 0.134 e. The van der Waals surface area contributed by atoms with Gasteiger partial charge in [0.2, 0.25) is 0 Å². The maximum absolute atomic E-state index is 10.8. The third-order valence-electron chi connectivity index (χ3n) is 4.04. The van der Waals surface area contributed by atoms with Crippen LogP contribution < -0.4 is 4.74 Å². The van der Waals surface area contributed by atoms with Crippen molar-refractivity contribution < 1.29 is 14.9 Å². The van der Waals surface area contributed by atoms with Gasteiger partial charge >= 0.3 is 0 Å². The Morgan fingerprint density at radius 2 is 1.88 bits per heavy atom. The van der Waals surface area contributed by atoms with Gasteiger partial charge in [-0.15, -0.1) is 0 Å². The SMILES string of the molecule is Cc1cccc(C)c1O/C(=C/c1cccnc1)C(O)C(C)(C)CO. The molecule has 2 rings (SSSR count). The Labute approximate surface area is 143 Å². The lowest BCUT2D eigenvalue weighted by molar-refractivity contribution is 0.0116. The van der Waals surface area contributed by atoms with Crippen molar-refractivity contribution in [2.45, 2.75) is 33.8 Å². The van der Waals surface area contributed by atoms with Crippen LogP contribution in [0.25, 0.3) is 6.08 Å². The van der Waals surface area contributed by atoms with E-state index in [0.29, 0.717) is 5.76 Å². The van der Waals surface area contributed by atoms with Crippen molar-refractivity contribution >= 4 is 6.08 Å². The Morgan fingerprint density at radius 1 is 1.21 bits per heavy atom. The molecule has 0 aliphatic rings. The fourth-order valence-electron chi connectivity index (χ4n) is 2.34. The summed E-state index contributed by atoms with van der Waals surface area (Å²) in [5, 5.41) is 20.4. The van der Waals surface area contributed by atoms with Gasteiger partial charge in [0, 0.05) is 17.8 Å². The van der Waals surface area contributed by atoms with Crippen molar-refractivity contribution in [3.63, 3.8) is 0 Å². The average Bonchev–Trinajstić information content (AvgIpc) is 2.57. The van der Waals surface area contributed by atoms with Crippen LogP contribution in [0.3, 0.4) is 0 Å². The number of para-hydroxylation sites is 1. The zero-order valence-electron chi connectivity index (χ0n) is 14.7. The average molecular weight is 327 g/mol. The summed E-state index contributed by atoms with van der Waals surface area (Å²) in [5.74, 6) is 1.11. The third-order valence-corrected chi connectivity index (χ3v) is 4.04. The number of nitrogens with zero attached hydrogens (tertiary/aromatic N) is 1. The van der Waals surface area contributed by atoms with Crippen LogP contribution in [-0.4, -0.2) is 27.9 Å². The molecule has 2 N–H and O–H groups in total. The van der Waals surface area contributed by atoms with E-state index in [1.807, 2.05) is 44.2 Å². The first-order valence-electron chi connectivity index (χ1n) is 8.00. The molecule has 1 unspecified atom stereocenters. The lowest BCUT2D eigenvalue weighted by Gasteiger charge is -2.30. The monoisotopic (exact) mass is 327 g/mol. The highest BCUT2D eigenvalue weighted by molar-refractivity contribution is 5.53. The Kier molecular flexibility index (Phi) is 5.75. The van der Waals surface area contributed by atoms with Gasteiger partial charge in [-0.1, -0.05) is 38.1 Å². The van der Waals surface area contributed by atoms with Gasteiger partial charge in [0.25, 0.3) is 0 Å². The molecule has 0 saturated carbocycles. The number of aromatic nitrogens is 1. The topological polar surface area (TPSA) is 62.6 Å². The molecule has 0 bridgehead atoms. The third kappa shape index (κ3) is 4.22. The summed E-state index contributed by atoms with van der Waals surface area (Å²) >= 11 is 0. The number of benzene rings is 1. The van der Waals surface area contributed by atoms with Crippen molar-refractivity contribution in [1.29, 1.82) is 0 Å². The molecule has 0 fully saturated rings. The van der Waals surface area contributed by atoms with Crippen molar-refractivity contribution in [2.24, 2.45) is 5.41 Å². The molecule has 0 aliphatic heterocycles. The van der Waals surface area contributed by atoms with E-state index < -0.39 is 11.5 Å². The summed E-state index contributed by atoms with van der Waals surface area (Å²) in [6, 6.07) is 9.61. The van der Waals surface area contributed by atoms with Crippen LogP contribution in [0, 0.1) is 19.3 Å². The molecule has 0 amide bonds. The van der Waals surface area contributed by atoms with Crippen LogP contribution in [0.15, 0.2) is 48.5 Å². The predicted molar refractivity (Wildman–Crippen MR) is 95.6 cm³/mol. The van der Waals surface area contributed by atoms with Crippen molar-refractivity contribution in [3.05, 3.63) is 65.2 Å². The van der Waals surface area contributed by atoms with Crippen molar-refractivity contribution in [3.8, 4) is 5.75 Å². The first-order valence-corrected chi connectivity index (χ1v) is 8.00. The van der Waals surface area contributed by atoms with E-state index in [9.17, 15) is 10.2 Å². The fourth-order valence-corrected chi connectivity index (χ4v) is 2.34. The molecule has 0 radical (unpaired) electrons. The molecule has 0 spiro atoms. The van der Waals surface area contributed by atoms with Gasteiger partial charge in [-0.2, -0.15) is 0 Å². The zero-order valence-corrected chi connectivity index (χ0v) is 14.7. The van der Waals surface area contributed by atoms with E-state index in [1.165, 1.54) is 0 Å². The van der Waals surface area contributed by atoms with Crippen LogP contribution in [-0.2, 0) is 0 Å². The van der Waals surface area contributed by atoms with Crippen molar-refractivity contribution in [1.82, 2.24) is 4.98 Å². The van der Waals surface area contributed by atoms with Crippen LogP contribution in [0.4, 0.5) is 0 Å². The maximum atomic E-state index is 10.8. The Hall–Kier alpha value is -2.17. The molecule has 24 heavy (non-hydrogen) atoms. The van der Waals surface area contributed by atoms with E-state index in [0.717, 1.165) is 22.4 Å². The minimum Gasteiger partial charge on any atom is -0.458 e. The van der Waals surface area contributed by atoms with E-state index in [1.54, 1.807) is 32.3 Å². The van der Waals surface area contributed by atoms with Gasteiger partial charge in [-0.25, -0.2) is 0 Å². The molecule has 128 valence electrons. The summed E-state index contributed by atoms with van der Waals surface area (Å²) in [5.41, 5.74) is 2.07. The number of hydrogen-bond acceptors (Lipinski definition) is 4. The van der Waals surface area contributed by atoms with Crippen LogP contribution >= 0.6 is 0 Å². The summed E-state index contributed by atoms with van der Waals surface area (Å²) in [4.78, 5) is 4.09. The molecular weight excluding hydrogens is 302 g/mol. The number of aryl methyl sites for hydroxylation is 2. The van der Waals surface area contributed by atoms with Gasteiger partial charge in [0.05, 0.1) is 6.61 Å². The van der Waals surface area contributed by atoms with Gasteiger partial charge in [0.15, 0.2) is 0 Å². The predicted octanol–water partition coefficient (Wildman–Crippen LogP) is 3.50. The Balaban J connectivity index is 2.45. The number of aliphatic hydroxyl groups is 2. The molecule has 4 nitrogen and oxygen atoms in total. The number of rotatable bonds is 6. The zero-order chi connectivity index (χ0) is 17.7. The Bertz CT molecular complexity index is 688. The normalized spacial score (nSPS) is 13.7. The standard InChI is InChI=1S/C20H25NO3/c1-14-7-5-8-15(2)18(14)24-17(19(23)20(3,4)13-22)11-16-9-6-10-21-12-16/h5-12,19,22-23H,13H2,1-4H3/b17-11+. The van der Waals surface area contributed by atoms with Gasteiger partial charge in [0.1, 0.15) is 17.6 Å². The Morgan fingerprint density at radius 3 is 2.42 bits per heavy atom. The fraction of sp³-hybridized carbons (Fsp3) is 0.350. The quantitative estimate of drug-likeness (QED) is 0.797. The van der Waals surface area contributed by atoms with Gasteiger partial charge in [-0.3, -0.25) is 4.98 Å². The lowest BCUT2D eigenvalue weighted by Crippen LogP contribution is -2.36. The summed E-state index contributed by atoms with van der Waals surface area (Å²) < 4.78 is 6.10. The molecule has 0 saturated heterocycles. The van der Waals surface area contributed by atoms with Crippen LogP contribution in [0.2, 0.25) is 0 Å². The van der Waals surface area contributed by atoms with E-state index in [2.05, 4.69) is 4.98 Å². The molecule has 2 aromatic rings. The smallest absolute Gasteiger partial charge is 0.134 e. The second-order valence-electron chi connectivity index (χ2n) is 6.71. The second-order valence-corrected chi connectivity index (χ2v) is 6.71. The highest BCUT2D eigenvalue weighted by Gasteiger charge is 2.32. The van der Waals surface area contributed by atoms with Crippen LogP contribution in [0.5, 0.6) is 5.75 Å². The number of aliphatic hydroxyl groups excluding tert-OH is 2. The first-order chi connectivity index (χ1) is 11.3. The minimum absolute atomic E-state index is 0.158. The highest BCUT2D eigenvalue weighted by Crippen LogP contribution is 2.31. The number of hydrogen-bond donors (Lipinski definition) is 2. The lowest BCUT2D eigenvalue weighted by atomic mass is 9.86. The molecule has 1 aromatic heterocycles. The first kappa shape index (κ1) is 18.2. The van der Waals surface area contributed by atoms with E-state index >= 15 is 0 Å². The van der Waals surface area contributed by atoms with Crippen molar-refractivity contribution in [2.75, 3.05) is 6.61 Å². The molecule has 1 aromatic carbocycles. The summed E-state index contributed by atoms with van der Waals surface area (Å²) in [7, 11) is 0. The molecule has 0 aliphatic carbocycles. The summed E-state index contributed by atoms with van der Waals surface area (Å²) in [6.45, 7) is 7.36. The minimum atomic E-state index is -0.957. The molecule has 4 heteroatoms. The molecule has 1 heterocycles. The largest absolute Gasteiger partial charge is 0.458 e. The molecule has 1 atom stereocenters. The van der Waals surface area contributed by atoms with E-state index in [-0.39, 0.29) is 6.61 Å². The van der Waals surface area contributed by atoms with Gasteiger partial charge in [-0.05, 0) is 42.7 Å². The molecular formula is C20H25NO3. The number of pyridine rings is 1. The summed E-state index contributed by atoms with van der Waals surface area (Å²) in [6.07, 6.45) is 4.20.